The molecule has 0 bridgehead atoms. The first-order valence-electron chi connectivity index (χ1n) is 6.60. The Morgan fingerprint density at radius 2 is 1.86 bits per heavy atom. The summed E-state index contributed by atoms with van der Waals surface area (Å²) in [7, 11) is 0. The number of carbonyl (C=O) groups is 2. The van der Waals surface area contributed by atoms with Crippen molar-refractivity contribution in [2.24, 2.45) is 5.73 Å². The number of hydrogen-bond acceptors (Lipinski definition) is 4. The maximum absolute atomic E-state index is 12.2. The first-order chi connectivity index (χ1) is 9.99. The monoisotopic (exact) mass is 325 g/mol. The van der Waals surface area contributed by atoms with Crippen molar-refractivity contribution in [2.75, 3.05) is 13.1 Å². The molecule has 0 aliphatic carbocycles. The van der Waals surface area contributed by atoms with E-state index in [0.717, 1.165) is 18.7 Å². The zero-order chi connectivity index (χ0) is 15.8. The fourth-order valence-electron chi connectivity index (χ4n) is 1.74. The molecule has 0 fully saturated rings. The molecule has 114 valence electrons. The van der Waals surface area contributed by atoms with Crippen LogP contribution in [0.15, 0.2) is 30.3 Å². The molecule has 3 amide bonds. The van der Waals surface area contributed by atoms with Gasteiger partial charge in [-0.05, 0) is 19.4 Å². The van der Waals surface area contributed by atoms with Gasteiger partial charge in [-0.2, -0.15) is 0 Å². The highest BCUT2D eigenvalue weighted by molar-refractivity contribution is 8.23. The molecule has 3 N–H and O–H groups in total. The van der Waals surface area contributed by atoms with Crippen molar-refractivity contribution >= 4 is 40.2 Å². The molecular formula is C14H19N3O2S2. The van der Waals surface area contributed by atoms with Crippen LogP contribution < -0.4 is 11.1 Å². The molecule has 7 heteroatoms. The Bertz CT molecular complexity index is 504. The van der Waals surface area contributed by atoms with Gasteiger partial charge < -0.3 is 10.6 Å². The van der Waals surface area contributed by atoms with Crippen molar-refractivity contribution in [2.45, 2.75) is 19.1 Å². The number of hydrogen-bond donors (Lipinski definition) is 2. The van der Waals surface area contributed by atoms with Gasteiger partial charge in [-0.3, -0.25) is 10.1 Å². The number of imide groups is 1. The Kier molecular flexibility index (Phi) is 7.18. The Balaban J connectivity index is 2.95. The number of amides is 3. The fraction of sp³-hybridized carbons (Fsp3) is 0.357. The third-order valence-electron chi connectivity index (χ3n) is 2.83. The maximum Gasteiger partial charge on any atom is 0.318 e. The van der Waals surface area contributed by atoms with Crippen LogP contribution in [-0.4, -0.2) is 34.2 Å². The molecule has 0 saturated heterocycles. The lowest BCUT2D eigenvalue weighted by Gasteiger charge is -2.24. The summed E-state index contributed by atoms with van der Waals surface area (Å²) in [6.07, 6.45) is 0. The van der Waals surface area contributed by atoms with Crippen molar-refractivity contribution < 1.29 is 9.59 Å². The van der Waals surface area contributed by atoms with Gasteiger partial charge in [-0.15, -0.1) is 0 Å². The molecule has 0 aliphatic heterocycles. The SMILES string of the molecule is CCN(CC)C(=S)S[C@@H](C(=O)NC(N)=O)c1ccccc1. The summed E-state index contributed by atoms with van der Waals surface area (Å²) in [5.74, 6) is -0.465. The van der Waals surface area contributed by atoms with Gasteiger partial charge in [-0.25, -0.2) is 4.79 Å². The number of nitrogens with two attached hydrogens (primary N) is 1. The van der Waals surface area contributed by atoms with Gasteiger partial charge in [0, 0.05) is 13.1 Å². The summed E-state index contributed by atoms with van der Waals surface area (Å²) < 4.78 is 0.619. The number of urea groups is 1. The first kappa shape index (κ1) is 17.5. The summed E-state index contributed by atoms with van der Waals surface area (Å²) in [5.41, 5.74) is 5.80. The summed E-state index contributed by atoms with van der Waals surface area (Å²) in [6.45, 7) is 5.53. The van der Waals surface area contributed by atoms with Gasteiger partial charge >= 0.3 is 6.03 Å². The number of thiocarbonyl (C=S) groups is 1. The van der Waals surface area contributed by atoms with Gasteiger partial charge in [0.1, 0.15) is 9.57 Å². The van der Waals surface area contributed by atoms with E-state index in [9.17, 15) is 9.59 Å². The standard InChI is InChI=1S/C14H19N3O2S2/c1-3-17(4-2)14(20)21-11(12(18)16-13(15)19)10-8-6-5-7-9-10/h5-9,11H,3-4H2,1-2H3,(H3,15,16,18,19)/t11-/m1/s1. The van der Waals surface area contributed by atoms with Crippen LogP contribution in [0.4, 0.5) is 4.79 Å². The van der Waals surface area contributed by atoms with E-state index >= 15 is 0 Å². The van der Waals surface area contributed by atoms with Crippen molar-refractivity contribution in [1.82, 2.24) is 10.2 Å². The lowest BCUT2D eigenvalue weighted by molar-refractivity contribution is -0.119. The lowest BCUT2D eigenvalue weighted by Crippen LogP contribution is -2.38. The van der Waals surface area contributed by atoms with Gasteiger partial charge in [-0.1, -0.05) is 54.3 Å². The molecule has 0 aromatic heterocycles. The summed E-state index contributed by atoms with van der Waals surface area (Å²) in [4.78, 5) is 25.1. The highest BCUT2D eigenvalue weighted by atomic mass is 32.2. The van der Waals surface area contributed by atoms with E-state index in [1.54, 1.807) is 0 Å². The Morgan fingerprint density at radius 1 is 1.29 bits per heavy atom. The Labute approximate surface area is 134 Å². The zero-order valence-electron chi connectivity index (χ0n) is 12.0. The van der Waals surface area contributed by atoms with Gasteiger partial charge in [0.25, 0.3) is 0 Å². The largest absolute Gasteiger partial charge is 0.358 e. The summed E-state index contributed by atoms with van der Waals surface area (Å²) in [6, 6.07) is 8.31. The molecule has 0 heterocycles. The van der Waals surface area contributed by atoms with Gasteiger partial charge in [0.05, 0.1) is 0 Å². The molecule has 0 saturated carbocycles. The quantitative estimate of drug-likeness (QED) is 0.812. The second kappa shape index (κ2) is 8.63. The minimum Gasteiger partial charge on any atom is -0.358 e. The first-order valence-corrected chi connectivity index (χ1v) is 7.89. The van der Waals surface area contributed by atoms with E-state index in [0.29, 0.717) is 4.32 Å². The van der Waals surface area contributed by atoms with Crippen LogP contribution in [0.25, 0.3) is 0 Å². The third-order valence-corrected chi connectivity index (χ3v) is 4.56. The van der Waals surface area contributed by atoms with Crippen LogP contribution in [0.2, 0.25) is 0 Å². The predicted molar refractivity (Wildman–Crippen MR) is 90.0 cm³/mol. The average Bonchev–Trinajstić information content (AvgIpc) is 2.46. The highest BCUT2D eigenvalue weighted by Crippen LogP contribution is 2.31. The van der Waals surface area contributed by atoms with E-state index in [4.69, 9.17) is 18.0 Å². The Hall–Kier alpha value is -1.60. The van der Waals surface area contributed by atoms with Crippen molar-refractivity contribution in [1.29, 1.82) is 0 Å². The average molecular weight is 325 g/mol. The number of rotatable bonds is 5. The molecule has 21 heavy (non-hydrogen) atoms. The van der Waals surface area contributed by atoms with Crippen molar-refractivity contribution in [3.63, 3.8) is 0 Å². The van der Waals surface area contributed by atoms with E-state index in [2.05, 4.69) is 5.32 Å². The number of benzene rings is 1. The van der Waals surface area contributed by atoms with Crippen molar-refractivity contribution in [3.8, 4) is 0 Å². The Morgan fingerprint density at radius 3 is 2.33 bits per heavy atom. The molecule has 1 aromatic rings. The number of nitrogens with one attached hydrogen (secondary N) is 1. The molecule has 1 aromatic carbocycles. The second-order valence-corrected chi connectivity index (χ2v) is 5.94. The normalized spacial score (nSPS) is 11.5. The van der Waals surface area contributed by atoms with E-state index in [1.165, 1.54) is 11.8 Å². The van der Waals surface area contributed by atoms with Crippen LogP contribution in [0, 0.1) is 0 Å². The number of nitrogens with zero attached hydrogens (tertiary/aromatic N) is 1. The fourth-order valence-corrected chi connectivity index (χ4v) is 3.36. The van der Waals surface area contributed by atoms with Crippen LogP contribution >= 0.6 is 24.0 Å². The topological polar surface area (TPSA) is 75.4 Å². The third kappa shape index (κ3) is 5.35. The molecule has 0 aliphatic rings. The van der Waals surface area contributed by atoms with Gasteiger partial charge in [0.15, 0.2) is 0 Å². The number of thioether (sulfide) groups is 1. The smallest absolute Gasteiger partial charge is 0.318 e. The van der Waals surface area contributed by atoms with E-state index in [-0.39, 0.29) is 0 Å². The van der Waals surface area contributed by atoms with Gasteiger partial charge in [0.2, 0.25) is 5.91 Å². The molecule has 0 spiro atoms. The maximum atomic E-state index is 12.2. The van der Waals surface area contributed by atoms with Crippen LogP contribution in [0.3, 0.4) is 0 Å². The zero-order valence-corrected chi connectivity index (χ0v) is 13.7. The van der Waals surface area contributed by atoms with Crippen LogP contribution in [-0.2, 0) is 4.79 Å². The second-order valence-electron chi connectivity index (χ2n) is 4.20. The molecule has 0 radical (unpaired) electrons. The lowest BCUT2D eigenvalue weighted by atomic mass is 10.1. The summed E-state index contributed by atoms with van der Waals surface area (Å²) in [5, 5.41) is 1.52. The molecular weight excluding hydrogens is 306 g/mol. The van der Waals surface area contributed by atoms with E-state index in [1.807, 2.05) is 49.1 Å². The molecule has 1 atom stereocenters. The molecule has 5 nitrogen and oxygen atoms in total. The minimum atomic E-state index is -0.865. The number of primary amides is 1. The molecule has 0 unspecified atom stereocenters. The minimum absolute atomic E-state index is 0.465. The molecule has 1 rings (SSSR count). The van der Waals surface area contributed by atoms with Crippen LogP contribution in [0.1, 0.15) is 24.7 Å². The highest BCUT2D eigenvalue weighted by Gasteiger charge is 2.25. The van der Waals surface area contributed by atoms with Crippen LogP contribution in [0.5, 0.6) is 0 Å². The number of carbonyl (C=O) groups excluding carboxylic acids is 2. The van der Waals surface area contributed by atoms with E-state index < -0.39 is 17.2 Å². The summed E-state index contributed by atoms with van der Waals surface area (Å²) >= 11 is 6.62. The predicted octanol–water partition coefficient (Wildman–Crippen LogP) is 2.28. The van der Waals surface area contributed by atoms with Crippen molar-refractivity contribution in [3.05, 3.63) is 35.9 Å².